The molecule has 0 bridgehead atoms. The van der Waals surface area contributed by atoms with E-state index in [0.717, 1.165) is 23.9 Å². The third-order valence-electron chi connectivity index (χ3n) is 3.52. The van der Waals surface area contributed by atoms with Crippen LogP contribution in [-0.4, -0.2) is 6.04 Å². The molecule has 1 aliphatic rings. The SMILES string of the molecule is CC(C)CCC(Nc1ccc(Cl)c(F)c1)C1CC1. The highest BCUT2D eigenvalue weighted by Gasteiger charge is 2.30. The monoisotopic (exact) mass is 269 g/mol. The van der Waals surface area contributed by atoms with Crippen LogP contribution in [0.1, 0.15) is 39.5 Å². The quantitative estimate of drug-likeness (QED) is 0.757. The summed E-state index contributed by atoms with van der Waals surface area (Å²) in [6.07, 6.45) is 4.97. The average molecular weight is 270 g/mol. The summed E-state index contributed by atoms with van der Waals surface area (Å²) in [6, 6.07) is 5.45. The average Bonchev–Trinajstić information content (AvgIpc) is 3.13. The second kappa shape index (κ2) is 5.92. The molecule has 1 saturated carbocycles. The van der Waals surface area contributed by atoms with Gasteiger partial charge in [0.05, 0.1) is 5.02 Å². The van der Waals surface area contributed by atoms with E-state index < -0.39 is 0 Å². The van der Waals surface area contributed by atoms with Gasteiger partial charge in [-0.3, -0.25) is 0 Å². The van der Waals surface area contributed by atoms with E-state index in [-0.39, 0.29) is 10.8 Å². The van der Waals surface area contributed by atoms with Gasteiger partial charge >= 0.3 is 0 Å². The van der Waals surface area contributed by atoms with E-state index in [9.17, 15) is 4.39 Å². The van der Waals surface area contributed by atoms with Crippen molar-refractivity contribution in [2.24, 2.45) is 11.8 Å². The van der Waals surface area contributed by atoms with Crippen molar-refractivity contribution in [3.8, 4) is 0 Å². The van der Waals surface area contributed by atoms with E-state index in [2.05, 4.69) is 19.2 Å². The summed E-state index contributed by atoms with van der Waals surface area (Å²) < 4.78 is 13.4. The van der Waals surface area contributed by atoms with E-state index in [1.807, 2.05) is 6.07 Å². The van der Waals surface area contributed by atoms with Crippen molar-refractivity contribution in [1.29, 1.82) is 0 Å². The Labute approximate surface area is 114 Å². The molecular weight excluding hydrogens is 249 g/mol. The zero-order chi connectivity index (χ0) is 13.1. The highest BCUT2D eigenvalue weighted by Crippen LogP contribution is 2.37. The molecule has 0 spiro atoms. The zero-order valence-electron chi connectivity index (χ0n) is 11.0. The van der Waals surface area contributed by atoms with Gasteiger partial charge in [-0.25, -0.2) is 4.39 Å². The summed E-state index contributed by atoms with van der Waals surface area (Å²) in [5.74, 6) is 1.14. The summed E-state index contributed by atoms with van der Waals surface area (Å²) in [5, 5.41) is 3.65. The van der Waals surface area contributed by atoms with E-state index in [1.54, 1.807) is 6.07 Å². The van der Waals surface area contributed by atoms with Crippen LogP contribution in [-0.2, 0) is 0 Å². The molecule has 0 saturated heterocycles. The molecule has 2 rings (SSSR count). The van der Waals surface area contributed by atoms with Gasteiger partial charge in [-0.05, 0) is 55.7 Å². The van der Waals surface area contributed by atoms with Crippen LogP contribution in [0.2, 0.25) is 5.02 Å². The van der Waals surface area contributed by atoms with Crippen LogP contribution < -0.4 is 5.32 Å². The molecule has 0 aromatic heterocycles. The normalized spacial score (nSPS) is 16.9. The number of rotatable bonds is 6. The van der Waals surface area contributed by atoms with Gasteiger partial charge in [-0.1, -0.05) is 25.4 Å². The molecule has 0 heterocycles. The maximum absolute atomic E-state index is 13.4. The topological polar surface area (TPSA) is 12.0 Å². The van der Waals surface area contributed by atoms with Crippen LogP contribution in [0.3, 0.4) is 0 Å². The van der Waals surface area contributed by atoms with Crippen molar-refractivity contribution < 1.29 is 4.39 Å². The van der Waals surface area contributed by atoms with Crippen LogP contribution in [0.25, 0.3) is 0 Å². The summed E-state index contributed by atoms with van der Waals surface area (Å²) in [4.78, 5) is 0. The molecule has 100 valence electrons. The Hall–Kier alpha value is -0.760. The molecule has 3 heteroatoms. The Kier molecular flexibility index (Phi) is 4.50. The third kappa shape index (κ3) is 3.88. The molecule has 1 N–H and O–H groups in total. The van der Waals surface area contributed by atoms with Crippen LogP contribution in [0.5, 0.6) is 0 Å². The van der Waals surface area contributed by atoms with Crippen molar-refractivity contribution in [2.45, 2.75) is 45.6 Å². The third-order valence-corrected chi connectivity index (χ3v) is 3.82. The summed E-state index contributed by atoms with van der Waals surface area (Å²) >= 11 is 5.69. The van der Waals surface area contributed by atoms with Crippen LogP contribution in [0.4, 0.5) is 10.1 Å². The van der Waals surface area contributed by atoms with Crippen LogP contribution in [0, 0.1) is 17.7 Å². The molecular formula is C15H21ClFN. The van der Waals surface area contributed by atoms with Gasteiger partial charge in [-0.15, -0.1) is 0 Å². The molecule has 1 atom stereocenters. The zero-order valence-corrected chi connectivity index (χ0v) is 11.8. The second-order valence-electron chi connectivity index (χ2n) is 5.69. The van der Waals surface area contributed by atoms with Crippen LogP contribution >= 0.6 is 11.6 Å². The molecule has 1 aromatic rings. The molecule has 1 fully saturated rings. The molecule has 0 radical (unpaired) electrons. The maximum atomic E-state index is 13.4. The lowest BCUT2D eigenvalue weighted by Crippen LogP contribution is -2.22. The predicted octanol–water partition coefficient (Wildman–Crippen LogP) is 5.11. The summed E-state index contributed by atoms with van der Waals surface area (Å²) in [6.45, 7) is 4.48. The first-order chi connectivity index (χ1) is 8.56. The maximum Gasteiger partial charge on any atom is 0.143 e. The Morgan fingerprint density at radius 3 is 2.61 bits per heavy atom. The number of hydrogen-bond donors (Lipinski definition) is 1. The number of benzene rings is 1. The Morgan fingerprint density at radius 2 is 2.06 bits per heavy atom. The van der Waals surface area contributed by atoms with E-state index in [0.29, 0.717) is 6.04 Å². The lowest BCUT2D eigenvalue weighted by Gasteiger charge is -2.20. The molecule has 0 amide bonds. The fraction of sp³-hybridized carbons (Fsp3) is 0.600. The minimum absolute atomic E-state index is 0.186. The Bertz CT molecular complexity index is 401. The van der Waals surface area contributed by atoms with Crippen molar-refractivity contribution in [3.05, 3.63) is 29.0 Å². The second-order valence-corrected chi connectivity index (χ2v) is 6.10. The number of nitrogens with one attached hydrogen (secondary N) is 1. The van der Waals surface area contributed by atoms with Gasteiger partial charge in [0.2, 0.25) is 0 Å². The summed E-state index contributed by atoms with van der Waals surface area (Å²) in [7, 11) is 0. The van der Waals surface area contributed by atoms with Crippen molar-refractivity contribution in [1.82, 2.24) is 0 Å². The first kappa shape index (κ1) is 13.7. The number of anilines is 1. The highest BCUT2D eigenvalue weighted by atomic mass is 35.5. The lowest BCUT2D eigenvalue weighted by atomic mass is 10.00. The minimum atomic E-state index is -0.347. The summed E-state index contributed by atoms with van der Waals surface area (Å²) in [5.41, 5.74) is 0.845. The van der Waals surface area contributed by atoms with E-state index >= 15 is 0 Å². The molecule has 1 aliphatic carbocycles. The highest BCUT2D eigenvalue weighted by molar-refractivity contribution is 6.30. The number of hydrogen-bond acceptors (Lipinski definition) is 1. The van der Waals surface area contributed by atoms with Gasteiger partial charge in [0, 0.05) is 11.7 Å². The largest absolute Gasteiger partial charge is 0.382 e. The van der Waals surface area contributed by atoms with E-state index in [1.165, 1.54) is 25.3 Å². The smallest absolute Gasteiger partial charge is 0.143 e. The predicted molar refractivity (Wildman–Crippen MR) is 75.6 cm³/mol. The first-order valence-corrected chi connectivity index (χ1v) is 7.15. The fourth-order valence-electron chi connectivity index (χ4n) is 2.24. The van der Waals surface area contributed by atoms with E-state index in [4.69, 9.17) is 11.6 Å². The van der Waals surface area contributed by atoms with Gasteiger partial charge < -0.3 is 5.32 Å². The molecule has 0 aliphatic heterocycles. The fourth-order valence-corrected chi connectivity index (χ4v) is 2.35. The standard InChI is InChI=1S/C15H21ClFN/c1-10(2)3-8-15(11-4-5-11)18-12-6-7-13(16)14(17)9-12/h6-7,9-11,15,18H,3-5,8H2,1-2H3. The molecule has 1 unspecified atom stereocenters. The number of halogens is 2. The Morgan fingerprint density at radius 1 is 1.33 bits per heavy atom. The van der Waals surface area contributed by atoms with Gasteiger partial charge in [0.15, 0.2) is 0 Å². The Balaban J connectivity index is 1.97. The van der Waals surface area contributed by atoms with Gasteiger partial charge in [0.1, 0.15) is 5.82 Å². The molecule has 1 aromatic carbocycles. The van der Waals surface area contributed by atoms with Crippen molar-refractivity contribution in [2.75, 3.05) is 5.32 Å². The molecule has 1 nitrogen and oxygen atoms in total. The first-order valence-electron chi connectivity index (χ1n) is 6.78. The van der Waals surface area contributed by atoms with Gasteiger partial charge in [0.25, 0.3) is 0 Å². The lowest BCUT2D eigenvalue weighted by molar-refractivity contribution is 0.486. The van der Waals surface area contributed by atoms with Gasteiger partial charge in [-0.2, -0.15) is 0 Å². The van der Waals surface area contributed by atoms with Crippen molar-refractivity contribution >= 4 is 17.3 Å². The van der Waals surface area contributed by atoms with Crippen molar-refractivity contribution in [3.63, 3.8) is 0 Å². The molecule has 18 heavy (non-hydrogen) atoms. The minimum Gasteiger partial charge on any atom is -0.382 e. The van der Waals surface area contributed by atoms with Crippen LogP contribution in [0.15, 0.2) is 18.2 Å².